The summed E-state index contributed by atoms with van der Waals surface area (Å²) >= 11 is 0. The Labute approximate surface area is 96.7 Å². The fourth-order valence-corrected chi connectivity index (χ4v) is 2.12. The lowest BCUT2D eigenvalue weighted by molar-refractivity contribution is 0.0691. The second kappa shape index (κ2) is 3.38. The zero-order valence-electron chi connectivity index (χ0n) is 9.19. The van der Waals surface area contributed by atoms with E-state index in [1.54, 1.807) is 13.1 Å². The normalized spacial score (nSPS) is 13.0. The number of fused-ring (bicyclic) bond motifs is 3. The fraction of sp³-hybridized carbons (Fsp3) is 0.273. The van der Waals surface area contributed by atoms with E-state index in [9.17, 15) is 4.79 Å². The highest BCUT2D eigenvalue weighted by Gasteiger charge is 2.27. The molecule has 0 atom stereocenters. The van der Waals surface area contributed by atoms with E-state index in [1.165, 1.54) is 0 Å². The van der Waals surface area contributed by atoms with Crippen LogP contribution in [0, 0.1) is 6.92 Å². The molecule has 0 aliphatic heterocycles. The summed E-state index contributed by atoms with van der Waals surface area (Å²) in [6, 6.07) is 0. The molecule has 0 bridgehead atoms. The van der Waals surface area contributed by atoms with Gasteiger partial charge in [-0.15, -0.1) is 0 Å². The lowest BCUT2D eigenvalue weighted by Crippen LogP contribution is -2.09. The molecule has 1 aliphatic carbocycles. The number of aromatic amines is 1. The molecule has 0 saturated carbocycles. The molecular weight excluding hydrogens is 220 g/mol. The van der Waals surface area contributed by atoms with E-state index in [1.807, 2.05) is 0 Å². The quantitative estimate of drug-likeness (QED) is 0.761. The van der Waals surface area contributed by atoms with Crippen molar-refractivity contribution in [2.75, 3.05) is 0 Å². The number of hydrogen-bond donors (Lipinski definition) is 2. The predicted octanol–water partition coefficient (Wildman–Crippen LogP) is 0.972. The lowest BCUT2D eigenvalue weighted by Gasteiger charge is -2.14. The average Bonchev–Trinajstić information content (AvgIpc) is 2.73. The minimum absolute atomic E-state index is 0.0408. The number of carboxylic acid groups (broad SMARTS) is 1. The van der Waals surface area contributed by atoms with Gasteiger partial charge in [-0.1, -0.05) is 0 Å². The van der Waals surface area contributed by atoms with Crippen LogP contribution >= 0.6 is 0 Å². The number of carbonyl (C=O) groups is 1. The number of aryl methyl sites for hydroxylation is 3. The fourth-order valence-electron chi connectivity index (χ4n) is 2.12. The Morgan fingerprint density at radius 2 is 2.29 bits per heavy atom. The minimum atomic E-state index is -1.04. The summed E-state index contributed by atoms with van der Waals surface area (Å²) in [5.74, 6) is -0.402. The maximum atomic E-state index is 11.1. The van der Waals surface area contributed by atoms with Gasteiger partial charge in [0.15, 0.2) is 5.69 Å². The summed E-state index contributed by atoms with van der Waals surface area (Å²) in [7, 11) is 0. The number of nitrogens with one attached hydrogen (secondary N) is 1. The second-order valence-electron chi connectivity index (χ2n) is 4.02. The largest absolute Gasteiger partial charge is 0.476 e. The van der Waals surface area contributed by atoms with Crippen LogP contribution in [0.15, 0.2) is 6.20 Å². The number of hydrogen-bond acceptors (Lipinski definition) is 4. The maximum Gasteiger partial charge on any atom is 0.357 e. The van der Waals surface area contributed by atoms with E-state index in [2.05, 4.69) is 20.2 Å². The number of nitrogens with zero attached hydrogens (tertiary/aromatic N) is 3. The van der Waals surface area contributed by atoms with Gasteiger partial charge in [0.25, 0.3) is 0 Å². The van der Waals surface area contributed by atoms with Crippen LogP contribution in [0.5, 0.6) is 0 Å². The Morgan fingerprint density at radius 3 is 3.06 bits per heavy atom. The van der Waals surface area contributed by atoms with Gasteiger partial charge in [0.1, 0.15) is 5.82 Å². The van der Waals surface area contributed by atoms with Crippen LogP contribution in [0.25, 0.3) is 11.3 Å². The molecule has 0 amide bonds. The Bertz CT molecular complexity index is 618. The third kappa shape index (κ3) is 1.41. The summed E-state index contributed by atoms with van der Waals surface area (Å²) in [5.41, 5.74) is 3.17. The second-order valence-corrected chi connectivity index (χ2v) is 4.02. The van der Waals surface area contributed by atoms with E-state index in [-0.39, 0.29) is 5.69 Å². The molecule has 2 heterocycles. The van der Waals surface area contributed by atoms with Crippen molar-refractivity contribution in [1.29, 1.82) is 0 Å². The highest BCUT2D eigenvalue weighted by molar-refractivity contribution is 5.95. The van der Waals surface area contributed by atoms with Gasteiger partial charge < -0.3 is 5.11 Å². The van der Waals surface area contributed by atoms with Gasteiger partial charge in [-0.05, 0) is 25.3 Å². The van der Waals surface area contributed by atoms with Crippen molar-refractivity contribution in [2.24, 2.45) is 0 Å². The number of H-pyrrole nitrogens is 1. The zero-order valence-corrected chi connectivity index (χ0v) is 9.19. The Hall–Kier alpha value is -2.24. The topological polar surface area (TPSA) is 91.8 Å². The van der Waals surface area contributed by atoms with Crippen LogP contribution in [0.3, 0.4) is 0 Å². The Balaban J connectivity index is 2.29. The molecule has 2 aromatic rings. The molecule has 6 nitrogen and oxygen atoms in total. The van der Waals surface area contributed by atoms with Gasteiger partial charge in [-0.3, -0.25) is 5.10 Å². The SMILES string of the molecule is Cc1ncc2c(n1)-c1c(C(=O)O)n[nH]c1CC2. The first-order valence-electron chi connectivity index (χ1n) is 5.30. The number of aromatic carboxylic acids is 1. The molecule has 0 aromatic carbocycles. The first-order valence-corrected chi connectivity index (χ1v) is 5.30. The van der Waals surface area contributed by atoms with E-state index in [0.29, 0.717) is 17.1 Å². The van der Waals surface area contributed by atoms with Gasteiger partial charge >= 0.3 is 5.97 Å². The molecule has 2 N–H and O–H groups in total. The average molecular weight is 230 g/mol. The number of carboxylic acids is 1. The van der Waals surface area contributed by atoms with Crippen LogP contribution in [-0.2, 0) is 12.8 Å². The molecule has 2 aromatic heterocycles. The van der Waals surface area contributed by atoms with Crippen molar-refractivity contribution in [2.45, 2.75) is 19.8 Å². The molecule has 17 heavy (non-hydrogen) atoms. The molecule has 0 unspecified atom stereocenters. The standard InChI is InChI=1S/C11H10N4O2/c1-5-12-4-6-2-3-7-8(9(6)13-5)10(11(16)17)15-14-7/h4H,2-3H2,1H3,(H,14,15)(H,16,17). The van der Waals surface area contributed by atoms with Crippen LogP contribution in [0.1, 0.15) is 27.6 Å². The molecule has 1 aliphatic rings. The van der Waals surface area contributed by atoms with Crippen LogP contribution < -0.4 is 0 Å². The van der Waals surface area contributed by atoms with Gasteiger partial charge in [0.2, 0.25) is 0 Å². The minimum Gasteiger partial charge on any atom is -0.476 e. The zero-order chi connectivity index (χ0) is 12.0. The van der Waals surface area contributed by atoms with E-state index in [4.69, 9.17) is 5.11 Å². The molecule has 86 valence electrons. The van der Waals surface area contributed by atoms with Crippen LogP contribution in [0.2, 0.25) is 0 Å². The van der Waals surface area contributed by atoms with Crippen LogP contribution in [0.4, 0.5) is 0 Å². The smallest absolute Gasteiger partial charge is 0.357 e. The Morgan fingerprint density at radius 1 is 1.47 bits per heavy atom. The van der Waals surface area contributed by atoms with Crippen molar-refractivity contribution in [3.8, 4) is 11.3 Å². The third-order valence-electron chi connectivity index (χ3n) is 2.91. The molecule has 0 fully saturated rings. The number of aromatic nitrogens is 4. The third-order valence-corrected chi connectivity index (χ3v) is 2.91. The van der Waals surface area contributed by atoms with Crippen molar-refractivity contribution in [3.05, 3.63) is 29.0 Å². The summed E-state index contributed by atoms with van der Waals surface area (Å²) in [4.78, 5) is 19.6. The van der Waals surface area contributed by atoms with Crippen LogP contribution in [-0.4, -0.2) is 31.2 Å². The van der Waals surface area contributed by atoms with Gasteiger partial charge in [0, 0.05) is 11.9 Å². The summed E-state index contributed by atoms with van der Waals surface area (Å²) < 4.78 is 0. The highest BCUT2D eigenvalue weighted by atomic mass is 16.4. The highest BCUT2D eigenvalue weighted by Crippen LogP contribution is 2.32. The molecular formula is C11H10N4O2. The lowest BCUT2D eigenvalue weighted by atomic mass is 9.93. The summed E-state index contributed by atoms with van der Waals surface area (Å²) in [6.07, 6.45) is 3.32. The number of rotatable bonds is 1. The molecule has 0 spiro atoms. The summed E-state index contributed by atoms with van der Waals surface area (Å²) in [6.45, 7) is 1.79. The molecule has 6 heteroatoms. The van der Waals surface area contributed by atoms with Crippen molar-refractivity contribution in [3.63, 3.8) is 0 Å². The molecule has 0 radical (unpaired) electrons. The van der Waals surface area contributed by atoms with E-state index < -0.39 is 5.97 Å². The predicted molar refractivity (Wildman–Crippen MR) is 58.7 cm³/mol. The first-order chi connectivity index (χ1) is 8.16. The Kier molecular flexibility index (Phi) is 1.98. The van der Waals surface area contributed by atoms with Crippen molar-refractivity contribution in [1.82, 2.24) is 20.2 Å². The van der Waals surface area contributed by atoms with E-state index in [0.717, 1.165) is 24.1 Å². The van der Waals surface area contributed by atoms with Gasteiger partial charge in [-0.2, -0.15) is 5.10 Å². The molecule has 3 rings (SSSR count). The van der Waals surface area contributed by atoms with E-state index >= 15 is 0 Å². The summed E-state index contributed by atoms with van der Waals surface area (Å²) in [5, 5.41) is 15.7. The monoisotopic (exact) mass is 230 g/mol. The van der Waals surface area contributed by atoms with Gasteiger partial charge in [0.05, 0.1) is 11.3 Å². The van der Waals surface area contributed by atoms with Gasteiger partial charge in [-0.25, -0.2) is 14.8 Å². The van der Waals surface area contributed by atoms with Crippen molar-refractivity contribution >= 4 is 5.97 Å². The van der Waals surface area contributed by atoms with Crippen molar-refractivity contribution < 1.29 is 9.90 Å². The maximum absolute atomic E-state index is 11.1. The molecule has 0 saturated heterocycles. The first kappa shape index (κ1) is 9.95.